The fourth-order valence-corrected chi connectivity index (χ4v) is 5.66. The first-order chi connectivity index (χ1) is 20.2. The molecule has 218 valence electrons. The molecule has 3 aromatic heterocycles. The van der Waals surface area contributed by atoms with Crippen LogP contribution in [0, 0.1) is 11.3 Å². The quantitative estimate of drug-likeness (QED) is 0.270. The molecule has 3 amide bonds. The topological polar surface area (TPSA) is 178 Å². The number of urea groups is 1. The second-order valence-electron chi connectivity index (χ2n) is 10.2. The summed E-state index contributed by atoms with van der Waals surface area (Å²) >= 11 is 2.30. The van der Waals surface area contributed by atoms with E-state index in [-0.39, 0.29) is 35.9 Å². The van der Waals surface area contributed by atoms with E-state index in [0.717, 1.165) is 4.90 Å². The second-order valence-corrected chi connectivity index (χ2v) is 11.9. The van der Waals surface area contributed by atoms with Gasteiger partial charge in [0.1, 0.15) is 23.5 Å². The van der Waals surface area contributed by atoms with E-state index in [0.29, 0.717) is 59.5 Å². The number of carbonyl (C=O) groups excluding carboxylic acids is 2. The first kappa shape index (κ1) is 29.0. The van der Waals surface area contributed by atoms with Crippen LogP contribution in [0.5, 0.6) is 5.88 Å². The standard InChI is InChI=1S/C27H29N9O5Se/c1-15(42)22(13-37)36(27(39)40)19-11-35(12-19)26(38)34-6-5-18(10-34)32-24-23-21(30-14-31-24)4-3-20(33-23)17-7-16(8-28)25(41-2)29-9-17/h3-4,7,9,13-15,18-19,22,42H,5-6,10-12H2,1-2H3,(H,39,40)(H,30,31,32). The van der Waals surface area contributed by atoms with Crippen LogP contribution in [-0.2, 0) is 4.79 Å². The fourth-order valence-electron chi connectivity index (χ4n) is 5.21. The summed E-state index contributed by atoms with van der Waals surface area (Å²) < 4.78 is 5.14. The number of carboxylic acid groups (broad SMARTS) is 1. The molecular formula is C27H29N9O5Se. The van der Waals surface area contributed by atoms with Crippen LogP contribution in [0.1, 0.15) is 18.9 Å². The third kappa shape index (κ3) is 5.63. The molecule has 2 N–H and O–H groups in total. The number of fused-ring (bicyclic) bond motifs is 1. The maximum absolute atomic E-state index is 13.2. The number of carbonyl (C=O) groups is 3. The van der Waals surface area contributed by atoms with Gasteiger partial charge in [-0.05, 0) is 18.2 Å². The number of rotatable bonds is 8. The SMILES string of the molecule is COc1ncc(-c2ccc3ncnc(NC4CCN(C(=O)N5CC(N(C(=O)O)C(C=O)C(C)[SeH])C5)C4)c3n2)cc1C#N. The molecule has 0 saturated carbocycles. The Bertz CT molecular complexity index is 1560. The summed E-state index contributed by atoms with van der Waals surface area (Å²) in [5.74, 6) is 0.761. The molecule has 2 saturated heterocycles. The minimum atomic E-state index is -1.17. The zero-order valence-corrected chi connectivity index (χ0v) is 24.8. The van der Waals surface area contributed by atoms with Crippen molar-refractivity contribution in [2.24, 2.45) is 0 Å². The van der Waals surface area contributed by atoms with Crippen molar-refractivity contribution in [3.05, 3.63) is 36.3 Å². The fraction of sp³-hybridized carbons (Fsp3) is 0.407. The molecule has 5 rings (SSSR count). The van der Waals surface area contributed by atoms with Gasteiger partial charge in [-0.15, -0.1) is 0 Å². The normalized spacial score (nSPS) is 18.1. The summed E-state index contributed by atoms with van der Waals surface area (Å²) in [4.78, 5) is 58.5. The first-order valence-corrected chi connectivity index (χ1v) is 14.3. The van der Waals surface area contributed by atoms with Crippen LogP contribution in [0.25, 0.3) is 22.3 Å². The number of aldehydes is 1. The smallest absolute Gasteiger partial charge is 0.132 e. The van der Waals surface area contributed by atoms with Crippen molar-refractivity contribution in [2.45, 2.75) is 36.3 Å². The molecule has 42 heavy (non-hydrogen) atoms. The average molecular weight is 639 g/mol. The van der Waals surface area contributed by atoms with Gasteiger partial charge in [-0.25, -0.2) is 19.9 Å². The molecule has 3 aromatic rings. The summed E-state index contributed by atoms with van der Waals surface area (Å²) in [5.41, 5.74) is 2.70. The maximum atomic E-state index is 13.2. The molecule has 3 atom stereocenters. The van der Waals surface area contributed by atoms with E-state index >= 15 is 0 Å². The van der Waals surface area contributed by atoms with Crippen LogP contribution in [0.3, 0.4) is 0 Å². The van der Waals surface area contributed by atoms with Gasteiger partial charge in [0.2, 0.25) is 5.88 Å². The van der Waals surface area contributed by atoms with Gasteiger partial charge in [-0.1, -0.05) is 0 Å². The van der Waals surface area contributed by atoms with Crippen LogP contribution < -0.4 is 10.1 Å². The third-order valence-electron chi connectivity index (χ3n) is 7.44. The van der Waals surface area contributed by atoms with Gasteiger partial charge < -0.3 is 4.74 Å². The van der Waals surface area contributed by atoms with Gasteiger partial charge >= 0.3 is 142 Å². The number of aromatic nitrogens is 4. The van der Waals surface area contributed by atoms with Crippen LogP contribution in [0.15, 0.2) is 30.7 Å². The molecule has 2 aliphatic rings. The molecule has 5 heterocycles. The molecule has 2 aliphatic heterocycles. The van der Waals surface area contributed by atoms with Gasteiger partial charge in [0.25, 0.3) is 0 Å². The van der Waals surface area contributed by atoms with Gasteiger partial charge in [0, 0.05) is 11.8 Å². The number of amides is 3. The van der Waals surface area contributed by atoms with Crippen molar-refractivity contribution in [1.82, 2.24) is 34.6 Å². The first-order valence-electron chi connectivity index (χ1n) is 13.2. The van der Waals surface area contributed by atoms with E-state index in [2.05, 4.69) is 42.4 Å². The third-order valence-corrected chi connectivity index (χ3v) is 8.09. The summed E-state index contributed by atoms with van der Waals surface area (Å²) in [6.07, 6.45) is 3.19. The Hall–Kier alpha value is -4.54. The molecule has 0 aromatic carbocycles. The van der Waals surface area contributed by atoms with Crippen molar-refractivity contribution in [3.63, 3.8) is 0 Å². The molecular weight excluding hydrogens is 609 g/mol. The van der Waals surface area contributed by atoms with E-state index < -0.39 is 18.2 Å². The molecule has 14 nitrogen and oxygen atoms in total. The molecule has 3 unspecified atom stereocenters. The molecule has 0 radical (unpaired) electrons. The van der Waals surface area contributed by atoms with Gasteiger partial charge in [0.15, 0.2) is 0 Å². The number of hydrogen-bond donors (Lipinski definition) is 2. The zero-order chi connectivity index (χ0) is 30.0. The van der Waals surface area contributed by atoms with E-state index in [1.807, 2.05) is 6.07 Å². The minimum Gasteiger partial charge on any atom is -0.242 e. The van der Waals surface area contributed by atoms with Crippen LogP contribution >= 0.6 is 0 Å². The van der Waals surface area contributed by atoms with Crippen molar-refractivity contribution in [1.29, 1.82) is 5.26 Å². The number of methoxy groups -OCH3 is 1. The zero-order valence-electron chi connectivity index (χ0n) is 22.9. The van der Waals surface area contributed by atoms with E-state index in [1.54, 1.807) is 35.1 Å². The number of nitriles is 1. The Morgan fingerprint density at radius 3 is 2.71 bits per heavy atom. The largest absolute Gasteiger partial charge is 0.242 e. The van der Waals surface area contributed by atoms with E-state index in [9.17, 15) is 24.8 Å². The predicted molar refractivity (Wildman–Crippen MR) is 152 cm³/mol. The number of anilines is 1. The number of nitrogens with one attached hydrogen (secondary N) is 1. The summed E-state index contributed by atoms with van der Waals surface area (Å²) in [5, 5.41) is 22.5. The second kappa shape index (κ2) is 12.1. The Balaban J connectivity index is 1.25. The summed E-state index contributed by atoms with van der Waals surface area (Å²) in [6, 6.07) is 5.89. The number of nitrogens with zero attached hydrogens (tertiary/aromatic N) is 8. The number of likely N-dealkylation sites (tertiary alicyclic amines) is 2. The van der Waals surface area contributed by atoms with Gasteiger partial charge in [-0.2, -0.15) is 5.26 Å². The van der Waals surface area contributed by atoms with Gasteiger partial charge in [-0.3, -0.25) is 0 Å². The number of hydrogen-bond acceptors (Lipinski definition) is 10. The molecule has 0 bridgehead atoms. The summed E-state index contributed by atoms with van der Waals surface area (Å²) in [6.45, 7) is 3.20. The van der Waals surface area contributed by atoms with Crippen molar-refractivity contribution >= 4 is 51.3 Å². The molecule has 2 fully saturated rings. The van der Waals surface area contributed by atoms with Crippen molar-refractivity contribution < 1.29 is 24.2 Å². The molecule has 0 spiro atoms. The van der Waals surface area contributed by atoms with E-state index in [1.165, 1.54) is 13.4 Å². The van der Waals surface area contributed by atoms with Crippen molar-refractivity contribution in [2.75, 3.05) is 38.6 Å². The predicted octanol–water partition coefficient (Wildman–Crippen LogP) is 1.51. The molecule has 0 aliphatic carbocycles. The Morgan fingerprint density at radius 1 is 1.26 bits per heavy atom. The number of pyridine rings is 2. The molecule has 15 heteroatoms. The van der Waals surface area contributed by atoms with Crippen molar-refractivity contribution in [3.8, 4) is 23.2 Å². The monoisotopic (exact) mass is 639 g/mol. The minimum absolute atomic E-state index is 0.0869. The number of ether oxygens (including phenoxy) is 1. The van der Waals surface area contributed by atoms with Crippen LogP contribution in [0.4, 0.5) is 15.4 Å². The van der Waals surface area contributed by atoms with Crippen LogP contribution in [-0.4, -0.2) is 126 Å². The van der Waals surface area contributed by atoms with E-state index in [4.69, 9.17) is 9.72 Å². The Labute approximate surface area is 249 Å². The summed E-state index contributed by atoms with van der Waals surface area (Å²) in [7, 11) is 1.45. The average Bonchev–Trinajstić information content (AvgIpc) is 3.43. The van der Waals surface area contributed by atoms with Crippen LogP contribution in [0.2, 0.25) is 4.82 Å². The maximum Gasteiger partial charge on any atom is 0.132 e. The Morgan fingerprint density at radius 2 is 2.05 bits per heavy atom. The van der Waals surface area contributed by atoms with Gasteiger partial charge in [0.05, 0.1) is 18.3 Å². The Kier molecular flexibility index (Phi) is 8.37.